The maximum atomic E-state index is 14.5. The molecule has 1 saturated heterocycles. The molecule has 2 aromatic heterocycles. The molecule has 1 fully saturated rings. The molecule has 0 saturated carbocycles. The molecule has 24 heavy (non-hydrogen) atoms. The fraction of sp³-hybridized carbons (Fsp3) is 0.438. The van der Waals surface area contributed by atoms with E-state index < -0.39 is 6.17 Å². The normalized spacial score (nSPS) is 17.4. The van der Waals surface area contributed by atoms with E-state index in [0.29, 0.717) is 11.5 Å². The number of nitrogen functional groups attached to an aromatic ring is 1. The maximum Gasteiger partial charge on any atom is 0.153 e. The Bertz CT molecular complexity index is 834. The molecular formula is C16H20FN7. The van der Waals surface area contributed by atoms with E-state index in [0.717, 1.165) is 42.4 Å². The van der Waals surface area contributed by atoms with Crippen LogP contribution in [0.25, 0.3) is 22.2 Å². The average molecular weight is 329 g/mol. The summed E-state index contributed by atoms with van der Waals surface area (Å²) in [5.41, 5.74) is 8.23. The lowest BCUT2D eigenvalue weighted by Crippen LogP contribution is -2.34. The first kappa shape index (κ1) is 15.1. The van der Waals surface area contributed by atoms with Gasteiger partial charge in [0.15, 0.2) is 5.82 Å². The van der Waals surface area contributed by atoms with Crippen molar-refractivity contribution in [3.05, 3.63) is 24.4 Å². The lowest BCUT2D eigenvalue weighted by molar-refractivity contribution is 0.162. The number of halogens is 1. The quantitative estimate of drug-likeness (QED) is 0.677. The van der Waals surface area contributed by atoms with Gasteiger partial charge in [0.1, 0.15) is 11.9 Å². The van der Waals surface area contributed by atoms with E-state index in [1.807, 2.05) is 18.2 Å². The predicted molar refractivity (Wildman–Crippen MR) is 90.0 cm³/mol. The van der Waals surface area contributed by atoms with Gasteiger partial charge in [0.05, 0.1) is 18.3 Å². The zero-order chi connectivity index (χ0) is 16.5. The number of nitrogens with two attached hydrogens (primary N) is 1. The van der Waals surface area contributed by atoms with E-state index >= 15 is 0 Å². The number of nitrogens with zero attached hydrogens (tertiary/aromatic N) is 4. The average Bonchev–Trinajstić information content (AvgIpc) is 3.22. The van der Waals surface area contributed by atoms with Crippen LogP contribution in [-0.2, 0) is 6.54 Å². The fourth-order valence-corrected chi connectivity index (χ4v) is 3.25. The number of fused-ring (bicyclic) bond motifs is 1. The second kappa shape index (κ2) is 6.20. The number of hydrogen-bond acceptors (Lipinski definition) is 5. The smallest absolute Gasteiger partial charge is 0.153 e. The fourth-order valence-electron chi connectivity index (χ4n) is 3.25. The number of rotatable bonds is 4. The highest BCUT2D eigenvalue weighted by molar-refractivity contribution is 5.91. The summed E-state index contributed by atoms with van der Waals surface area (Å²) in [5.74, 6) is 0.575. The van der Waals surface area contributed by atoms with Gasteiger partial charge in [-0.1, -0.05) is 11.3 Å². The summed E-state index contributed by atoms with van der Waals surface area (Å²) < 4.78 is 16.0. The van der Waals surface area contributed by atoms with E-state index in [4.69, 9.17) is 5.73 Å². The Morgan fingerprint density at radius 2 is 2.17 bits per heavy atom. The van der Waals surface area contributed by atoms with Crippen LogP contribution < -0.4 is 11.1 Å². The lowest BCUT2D eigenvalue weighted by atomic mass is 9.93. The third-order valence-corrected chi connectivity index (χ3v) is 4.68. The number of hydrogen-bond donors (Lipinski definition) is 3. The van der Waals surface area contributed by atoms with Gasteiger partial charge in [-0.15, -0.1) is 5.10 Å². The molecule has 3 aromatic rings. The first-order valence-electron chi connectivity index (χ1n) is 8.19. The Labute approximate surface area is 138 Å². The van der Waals surface area contributed by atoms with Gasteiger partial charge >= 0.3 is 0 Å². The summed E-state index contributed by atoms with van der Waals surface area (Å²) in [7, 11) is 0. The number of H-pyrrole nitrogens is 1. The van der Waals surface area contributed by atoms with Crippen LogP contribution in [0.5, 0.6) is 0 Å². The summed E-state index contributed by atoms with van der Waals surface area (Å²) in [6.07, 6.45) is 2.65. The molecule has 7 nitrogen and oxygen atoms in total. The van der Waals surface area contributed by atoms with Gasteiger partial charge in [-0.25, -0.2) is 9.07 Å². The number of benzene rings is 1. The molecule has 1 aliphatic heterocycles. The molecule has 4 N–H and O–H groups in total. The predicted octanol–water partition coefficient (Wildman–Crippen LogP) is 1.74. The van der Waals surface area contributed by atoms with Gasteiger partial charge in [-0.05, 0) is 44.0 Å². The zero-order valence-electron chi connectivity index (χ0n) is 13.2. The highest BCUT2D eigenvalue weighted by Crippen LogP contribution is 2.25. The van der Waals surface area contributed by atoms with Crippen molar-refractivity contribution in [3.8, 4) is 11.3 Å². The van der Waals surface area contributed by atoms with Gasteiger partial charge in [0.25, 0.3) is 0 Å². The number of anilines is 1. The summed E-state index contributed by atoms with van der Waals surface area (Å²) >= 11 is 0. The highest BCUT2D eigenvalue weighted by Gasteiger charge is 2.24. The van der Waals surface area contributed by atoms with Gasteiger partial charge in [0.2, 0.25) is 0 Å². The van der Waals surface area contributed by atoms with Crippen LogP contribution in [0.4, 0.5) is 10.2 Å². The van der Waals surface area contributed by atoms with Crippen molar-refractivity contribution in [3.63, 3.8) is 0 Å². The molecule has 8 heteroatoms. The Morgan fingerprint density at radius 1 is 1.33 bits per heavy atom. The summed E-state index contributed by atoms with van der Waals surface area (Å²) in [6, 6.07) is 5.74. The molecule has 3 heterocycles. The third kappa shape index (κ3) is 2.84. The van der Waals surface area contributed by atoms with Crippen molar-refractivity contribution >= 4 is 16.7 Å². The Hall–Kier alpha value is -2.48. The van der Waals surface area contributed by atoms with Crippen LogP contribution >= 0.6 is 0 Å². The van der Waals surface area contributed by atoms with Crippen molar-refractivity contribution in [2.45, 2.75) is 25.6 Å². The number of piperidine rings is 1. The highest BCUT2D eigenvalue weighted by atomic mass is 19.1. The van der Waals surface area contributed by atoms with Crippen molar-refractivity contribution in [1.82, 2.24) is 30.5 Å². The molecule has 1 aromatic carbocycles. The number of alkyl halides is 1. The van der Waals surface area contributed by atoms with Crippen molar-refractivity contribution in [1.29, 1.82) is 0 Å². The standard InChI is InChI=1S/C16H20FN7/c17-13(10-3-5-19-6-4-10)8-24-9-15(21-23-24)11-1-2-12-14(7-11)20-22-16(12)18/h1-2,7,9-10,13,19H,3-6,8H2,(H3,18,20,22). The minimum atomic E-state index is -0.892. The lowest BCUT2D eigenvalue weighted by Gasteiger charge is -2.25. The van der Waals surface area contributed by atoms with Crippen LogP contribution in [0.1, 0.15) is 12.8 Å². The van der Waals surface area contributed by atoms with Crippen LogP contribution in [0.2, 0.25) is 0 Å². The molecule has 0 aliphatic carbocycles. The molecule has 1 atom stereocenters. The van der Waals surface area contributed by atoms with Gasteiger partial charge in [-0.3, -0.25) is 5.10 Å². The molecule has 1 unspecified atom stereocenters. The van der Waals surface area contributed by atoms with E-state index in [2.05, 4.69) is 25.8 Å². The molecular weight excluding hydrogens is 309 g/mol. The molecule has 0 spiro atoms. The molecule has 0 amide bonds. The number of nitrogens with one attached hydrogen (secondary N) is 2. The van der Waals surface area contributed by atoms with Gasteiger partial charge < -0.3 is 11.1 Å². The third-order valence-electron chi connectivity index (χ3n) is 4.68. The van der Waals surface area contributed by atoms with E-state index in [1.165, 1.54) is 0 Å². The number of aromatic nitrogens is 5. The van der Waals surface area contributed by atoms with E-state index in [1.54, 1.807) is 10.9 Å². The molecule has 0 radical (unpaired) electrons. The van der Waals surface area contributed by atoms with E-state index in [-0.39, 0.29) is 12.5 Å². The minimum Gasteiger partial charge on any atom is -0.382 e. The monoisotopic (exact) mass is 329 g/mol. The van der Waals surface area contributed by atoms with Crippen molar-refractivity contribution in [2.24, 2.45) is 5.92 Å². The SMILES string of the molecule is Nc1n[nH]c2cc(-c3cn(CC(F)C4CCNCC4)nn3)ccc12. The molecule has 1 aliphatic rings. The van der Waals surface area contributed by atoms with Crippen molar-refractivity contribution in [2.75, 3.05) is 18.8 Å². The Morgan fingerprint density at radius 3 is 3.00 bits per heavy atom. The zero-order valence-corrected chi connectivity index (χ0v) is 13.2. The second-order valence-electron chi connectivity index (χ2n) is 6.30. The van der Waals surface area contributed by atoms with Crippen LogP contribution in [-0.4, -0.2) is 44.5 Å². The molecule has 4 rings (SSSR count). The minimum absolute atomic E-state index is 0.100. The Balaban J connectivity index is 1.50. The Kier molecular flexibility index (Phi) is 3.89. The topological polar surface area (TPSA) is 97.4 Å². The summed E-state index contributed by atoms with van der Waals surface area (Å²) in [5, 5.41) is 19.2. The van der Waals surface area contributed by atoms with Crippen molar-refractivity contribution < 1.29 is 4.39 Å². The van der Waals surface area contributed by atoms with Gasteiger partial charge in [0, 0.05) is 10.9 Å². The van der Waals surface area contributed by atoms with E-state index in [9.17, 15) is 4.39 Å². The summed E-state index contributed by atoms with van der Waals surface area (Å²) in [6.45, 7) is 2.03. The largest absolute Gasteiger partial charge is 0.382 e. The van der Waals surface area contributed by atoms with Crippen LogP contribution in [0.3, 0.4) is 0 Å². The first-order chi connectivity index (χ1) is 11.7. The molecule has 126 valence electrons. The summed E-state index contributed by atoms with van der Waals surface area (Å²) in [4.78, 5) is 0. The molecule has 0 bridgehead atoms. The van der Waals surface area contributed by atoms with Crippen LogP contribution in [0, 0.1) is 5.92 Å². The maximum absolute atomic E-state index is 14.5. The van der Waals surface area contributed by atoms with Crippen LogP contribution in [0.15, 0.2) is 24.4 Å². The second-order valence-corrected chi connectivity index (χ2v) is 6.30. The first-order valence-corrected chi connectivity index (χ1v) is 8.19. The van der Waals surface area contributed by atoms with Gasteiger partial charge in [-0.2, -0.15) is 5.10 Å². The number of aromatic amines is 1.